The maximum absolute atomic E-state index is 13.8. The lowest BCUT2D eigenvalue weighted by Gasteiger charge is -2.32. The van der Waals surface area contributed by atoms with Crippen molar-refractivity contribution in [2.45, 2.75) is 128 Å². The molecule has 2 aromatic carbocycles. The summed E-state index contributed by atoms with van der Waals surface area (Å²) in [5.41, 5.74) is 18.1. The molecule has 0 saturated carbocycles. The van der Waals surface area contributed by atoms with Gasteiger partial charge in [-0.3, -0.25) is 19.2 Å². The Morgan fingerprint density at radius 2 is 1.12 bits per heavy atom. The van der Waals surface area contributed by atoms with Gasteiger partial charge in [-0.15, -0.1) is 11.3 Å². The number of nitrogens with zero attached hydrogens (tertiary/aromatic N) is 4. The van der Waals surface area contributed by atoms with E-state index in [2.05, 4.69) is 26.2 Å². The van der Waals surface area contributed by atoms with Crippen molar-refractivity contribution in [2.75, 3.05) is 54.3 Å². The van der Waals surface area contributed by atoms with E-state index in [-0.39, 0.29) is 47.5 Å². The number of rotatable bonds is 13. The zero-order valence-electron chi connectivity index (χ0n) is 38.7. The Bertz CT molecular complexity index is 2170. The Balaban J connectivity index is 1.08. The zero-order chi connectivity index (χ0) is 47.4. The van der Waals surface area contributed by atoms with E-state index in [0.717, 1.165) is 60.5 Å². The number of nitrogens with two attached hydrogens (primary N) is 2. The molecule has 3 aliphatic heterocycles. The summed E-state index contributed by atoms with van der Waals surface area (Å²) in [6.45, 7) is 8.08. The lowest BCUT2D eigenvalue weighted by atomic mass is 10.0. The van der Waals surface area contributed by atoms with Crippen LogP contribution >= 0.6 is 11.3 Å². The third kappa shape index (κ3) is 10.1. The van der Waals surface area contributed by atoms with Gasteiger partial charge in [-0.05, 0) is 111 Å². The first-order chi connectivity index (χ1) is 31.6. The number of aryl methyl sites for hydroxylation is 2. The molecule has 3 fully saturated rings. The fourth-order valence-corrected chi connectivity index (χ4v) is 11.0. The lowest BCUT2D eigenvalue weighted by Crippen LogP contribution is -2.54. The summed E-state index contributed by atoms with van der Waals surface area (Å²) in [6, 6.07) is 8.00. The van der Waals surface area contributed by atoms with E-state index < -0.39 is 36.4 Å². The predicted molar refractivity (Wildman–Crippen MR) is 253 cm³/mol. The van der Waals surface area contributed by atoms with Crippen LogP contribution < -0.4 is 37.6 Å². The van der Waals surface area contributed by atoms with Crippen molar-refractivity contribution >= 4 is 75.0 Å². The van der Waals surface area contributed by atoms with Gasteiger partial charge in [0.2, 0.25) is 23.6 Å². The van der Waals surface area contributed by atoms with Gasteiger partial charge in [0, 0.05) is 18.0 Å². The molecule has 4 heterocycles. The number of carbonyl (C=O) groups is 6. The average Bonchev–Trinajstić information content (AvgIpc) is 4.14. The number of carbonyl (C=O) groups excluding carboxylic acids is 6. The molecule has 3 aromatic rings. The Kier molecular flexibility index (Phi) is 14.9. The second-order valence-corrected chi connectivity index (χ2v) is 19.4. The maximum atomic E-state index is 13.8. The first kappa shape index (κ1) is 47.8. The van der Waals surface area contributed by atoms with Crippen LogP contribution in [0, 0.1) is 11.8 Å². The van der Waals surface area contributed by atoms with Crippen LogP contribution in [0.1, 0.15) is 113 Å². The quantitative estimate of drug-likeness (QED) is 0.110. The van der Waals surface area contributed by atoms with E-state index in [9.17, 15) is 28.8 Å². The maximum Gasteiger partial charge on any atom is 0.407 e. The van der Waals surface area contributed by atoms with E-state index in [1.165, 1.54) is 28.9 Å². The minimum absolute atomic E-state index is 0.109. The summed E-state index contributed by atoms with van der Waals surface area (Å²) >= 11 is 1.72. The van der Waals surface area contributed by atoms with Gasteiger partial charge in [-0.1, -0.05) is 39.8 Å². The third-order valence-electron chi connectivity index (χ3n) is 13.3. The third-order valence-corrected chi connectivity index (χ3v) is 14.5. The molecule has 66 heavy (non-hydrogen) atoms. The van der Waals surface area contributed by atoms with Gasteiger partial charge in [-0.25, -0.2) is 14.6 Å². The van der Waals surface area contributed by atoms with Crippen LogP contribution in [0.5, 0.6) is 0 Å². The molecule has 0 radical (unpaired) electrons. The van der Waals surface area contributed by atoms with E-state index in [0.29, 0.717) is 61.5 Å². The van der Waals surface area contributed by atoms with Crippen molar-refractivity contribution in [2.24, 2.45) is 11.8 Å². The number of likely N-dealkylation sites (tertiary alicyclic amines) is 2. The van der Waals surface area contributed by atoms with Gasteiger partial charge in [0.05, 0.1) is 54.7 Å². The predicted octanol–water partition coefficient (Wildman–Crippen LogP) is 5.89. The molecule has 6 amide bonds. The van der Waals surface area contributed by atoms with Crippen LogP contribution in [-0.4, -0.2) is 102 Å². The van der Waals surface area contributed by atoms with Gasteiger partial charge < -0.3 is 56.9 Å². The minimum atomic E-state index is -0.846. The topological polar surface area (TPSA) is 244 Å². The summed E-state index contributed by atoms with van der Waals surface area (Å²) < 4.78 is 9.48. The van der Waals surface area contributed by atoms with Gasteiger partial charge in [0.1, 0.15) is 24.2 Å². The SMILES string of the molecule is COC(=O)NC(C(=O)N1CCCC1C(=O)Nc1ccc(C2CCC(c3ccc(NC(=O)C4CCCN4C(=O)C(NC(=O)OC)C(C)C)c(N)c3)N2c2nc3c(s2)CCCC3)cc1N)C(C)C. The molecule has 1 aliphatic carbocycles. The van der Waals surface area contributed by atoms with E-state index in [1.54, 1.807) is 11.3 Å². The second kappa shape index (κ2) is 20.6. The number of thiazole rings is 1. The highest BCUT2D eigenvalue weighted by molar-refractivity contribution is 7.15. The van der Waals surface area contributed by atoms with Crippen molar-refractivity contribution < 1.29 is 38.2 Å². The number of nitrogens with one attached hydrogen (secondary N) is 4. The van der Waals surface area contributed by atoms with Crippen molar-refractivity contribution in [3.63, 3.8) is 0 Å². The Morgan fingerprint density at radius 3 is 1.53 bits per heavy atom. The lowest BCUT2D eigenvalue weighted by molar-refractivity contribution is -0.139. The number of fused-ring (bicyclic) bond motifs is 1. The van der Waals surface area contributed by atoms with Crippen molar-refractivity contribution in [3.8, 4) is 0 Å². The number of aromatic nitrogens is 1. The number of anilines is 5. The van der Waals surface area contributed by atoms with Crippen LogP contribution in [0.4, 0.5) is 37.5 Å². The molecule has 8 N–H and O–H groups in total. The number of methoxy groups -OCH3 is 2. The standard InChI is InChI=1S/C47H64N10O8S/c1-25(2)39(53-46(62)64-5)43(60)55-21-9-12-36(55)41(58)50-31-17-15-27(23-29(31)48)34-19-20-35(57(34)45-52-33-11-7-8-14-38(33)66-45)28-16-18-32(30(49)24-28)51-42(59)37-13-10-22-56(37)44(61)40(26(3)4)54-47(63)65-6/h15-18,23-26,34-37,39-40H,7-14,19-22,48-49H2,1-6H3,(H,50,58)(H,51,59)(H,53,62)(H,54,63). The van der Waals surface area contributed by atoms with E-state index in [4.69, 9.17) is 25.9 Å². The summed E-state index contributed by atoms with van der Waals surface area (Å²) in [6.07, 6.45) is 6.52. The Hall–Kier alpha value is -6.11. The number of hydrogen-bond donors (Lipinski definition) is 6. The summed E-state index contributed by atoms with van der Waals surface area (Å²) in [4.78, 5) is 90.8. The van der Waals surface area contributed by atoms with Crippen molar-refractivity contribution in [3.05, 3.63) is 58.1 Å². The van der Waals surface area contributed by atoms with Gasteiger partial charge in [-0.2, -0.15) is 0 Å². The van der Waals surface area contributed by atoms with Crippen LogP contribution in [0.2, 0.25) is 0 Å². The smallest absolute Gasteiger partial charge is 0.407 e. The highest BCUT2D eigenvalue weighted by Crippen LogP contribution is 2.50. The summed E-state index contributed by atoms with van der Waals surface area (Å²) in [5, 5.41) is 12.1. The molecule has 356 valence electrons. The van der Waals surface area contributed by atoms with E-state index in [1.807, 2.05) is 64.1 Å². The van der Waals surface area contributed by atoms with Crippen LogP contribution in [-0.2, 0) is 41.5 Å². The van der Waals surface area contributed by atoms with Crippen LogP contribution in [0.15, 0.2) is 36.4 Å². The number of nitrogen functional groups attached to an aromatic ring is 2. The van der Waals surface area contributed by atoms with Crippen LogP contribution in [0.25, 0.3) is 0 Å². The van der Waals surface area contributed by atoms with Gasteiger partial charge in [0.25, 0.3) is 0 Å². The number of alkyl carbamates (subject to hydrolysis) is 2. The first-order valence-corrected chi connectivity index (χ1v) is 23.9. The fraction of sp³-hybridized carbons (Fsp3) is 0.553. The Morgan fingerprint density at radius 1 is 0.667 bits per heavy atom. The molecule has 19 heteroatoms. The van der Waals surface area contributed by atoms with Crippen LogP contribution in [0.3, 0.4) is 0 Å². The molecule has 0 bridgehead atoms. The minimum Gasteiger partial charge on any atom is -0.453 e. The largest absolute Gasteiger partial charge is 0.453 e. The molecule has 18 nitrogen and oxygen atoms in total. The number of hydrogen-bond acceptors (Lipinski definition) is 13. The summed E-state index contributed by atoms with van der Waals surface area (Å²) in [7, 11) is 2.48. The van der Waals surface area contributed by atoms with E-state index >= 15 is 0 Å². The first-order valence-electron chi connectivity index (χ1n) is 23.1. The monoisotopic (exact) mass is 928 g/mol. The number of benzene rings is 2. The molecule has 4 aliphatic rings. The molecule has 0 spiro atoms. The zero-order valence-corrected chi connectivity index (χ0v) is 39.5. The van der Waals surface area contributed by atoms with Crippen molar-refractivity contribution in [1.29, 1.82) is 0 Å². The van der Waals surface area contributed by atoms with Crippen molar-refractivity contribution in [1.82, 2.24) is 25.4 Å². The highest BCUT2D eigenvalue weighted by atomic mass is 32.1. The number of amides is 6. The second-order valence-electron chi connectivity index (χ2n) is 18.4. The van der Waals surface area contributed by atoms with Gasteiger partial charge in [0.15, 0.2) is 5.13 Å². The molecule has 3 saturated heterocycles. The fourth-order valence-electron chi connectivity index (χ4n) is 9.78. The molecule has 1 aromatic heterocycles. The molecular weight excluding hydrogens is 865 g/mol. The summed E-state index contributed by atoms with van der Waals surface area (Å²) in [5.74, 6) is -1.83. The average molecular weight is 929 g/mol. The molecule has 6 unspecified atom stereocenters. The highest BCUT2D eigenvalue weighted by Gasteiger charge is 2.42. The van der Waals surface area contributed by atoms with Gasteiger partial charge >= 0.3 is 12.2 Å². The molecular formula is C47H64N10O8S. The molecule has 6 atom stereocenters. The Labute approximate surface area is 389 Å². The normalized spacial score (nSPS) is 21.3. The molecule has 7 rings (SSSR count). The number of ether oxygens (including phenoxy) is 2.